The lowest BCUT2D eigenvalue weighted by atomic mass is 10.1. The van der Waals surface area contributed by atoms with Gasteiger partial charge >= 0.3 is 0 Å². The largest absolute Gasteiger partial charge is 0.369 e. The van der Waals surface area contributed by atoms with Crippen LogP contribution in [0.4, 0.5) is 0 Å². The summed E-state index contributed by atoms with van der Waals surface area (Å²) in [6.07, 6.45) is 8.64. The Balaban J connectivity index is 2.03. The minimum atomic E-state index is -0.346. The van der Waals surface area contributed by atoms with Crippen LogP contribution >= 0.6 is 0 Å². The number of rotatable bonds is 9. The van der Waals surface area contributed by atoms with E-state index in [-0.39, 0.29) is 12.0 Å². The molecule has 0 bridgehead atoms. The fourth-order valence-corrected chi connectivity index (χ4v) is 2.65. The van der Waals surface area contributed by atoms with E-state index in [9.17, 15) is 4.79 Å². The number of hydrogen-bond donors (Lipinski definition) is 2. The first kappa shape index (κ1) is 18.4. The third kappa shape index (κ3) is 9.10. The van der Waals surface area contributed by atoms with Gasteiger partial charge < -0.3 is 15.4 Å². The molecule has 1 atom stereocenters. The Hall–Kier alpha value is -0.610. The molecule has 1 unspecified atom stereocenters. The van der Waals surface area contributed by atoms with Crippen molar-refractivity contribution in [3.8, 4) is 0 Å². The zero-order valence-corrected chi connectivity index (χ0v) is 14.1. The highest BCUT2D eigenvalue weighted by molar-refractivity contribution is 5.80. The van der Waals surface area contributed by atoms with E-state index in [1.807, 2.05) is 6.92 Å². The van der Waals surface area contributed by atoms with Gasteiger partial charge in [0.15, 0.2) is 0 Å². The summed E-state index contributed by atoms with van der Waals surface area (Å²) in [4.78, 5) is 11.9. The van der Waals surface area contributed by atoms with Gasteiger partial charge in [-0.3, -0.25) is 4.79 Å². The maximum absolute atomic E-state index is 11.9. The lowest BCUT2D eigenvalue weighted by Gasteiger charge is -2.17. The lowest BCUT2D eigenvalue weighted by Crippen LogP contribution is -2.40. The van der Waals surface area contributed by atoms with Crippen molar-refractivity contribution in [3.63, 3.8) is 0 Å². The molecule has 1 aliphatic rings. The molecule has 0 aliphatic heterocycles. The second-order valence-corrected chi connectivity index (χ2v) is 6.63. The van der Waals surface area contributed by atoms with Gasteiger partial charge in [-0.05, 0) is 32.1 Å². The van der Waals surface area contributed by atoms with E-state index in [2.05, 4.69) is 24.5 Å². The highest BCUT2D eigenvalue weighted by atomic mass is 16.5. The molecule has 0 aromatic carbocycles. The van der Waals surface area contributed by atoms with Crippen LogP contribution in [0.5, 0.6) is 0 Å². The van der Waals surface area contributed by atoms with Crippen molar-refractivity contribution in [2.24, 2.45) is 5.92 Å². The third-order valence-electron chi connectivity index (χ3n) is 4.14. The van der Waals surface area contributed by atoms with E-state index in [1.165, 1.54) is 38.5 Å². The van der Waals surface area contributed by atoms with Crippen LogP contribution in [0.25, 0.3) is 0 Å². The number of hydrogen-bond acceptors (Lipinski definition) is 3. The van der Waals surface area contributed by atoms with Crippen LogP contribution in [0, 0.1) is 5.92 Å². The Morgan fingerprint density at radius 3 is 2.38 bits per heavy atom. The van der Waals surface area contributed by atoms with Gasteiger partial charge in [0.2, 0.25) is 5.91 Å². The second-order valence-electron chi connectivity index (χ2n) is 6.63. The van der Waals surface area contributed by atoms with Crippen molar-refractivity contribution in [2.45, 2.75) is 77.9 Å². The monoisotopic (exact) mass is 298 g/mol. The number of nitrogens with one attached hydrogen (secondary N) is 2. The average molecular weight is 298 g/mol. The first-order chi connectivity index (χ1) is 10.1. The molecule has 0 saturated heterocycles. The molecule has 1 amide bonds. The van der Waals surface area contributed by atoms with Gasteiger partial charge in [-0.15, -0.1) is 0 Å². The van der Waals surface area contributed by atoms with Gasteiger partial charge in [0.05, 0.1) is 0 Å². The van der Waals surface area contributed by atoms with E-state index in [1.54, 1.807) is 0 Å². The molecule has 1 saturated carbocycles. The van der Waals surface area contributed by atoms with Gasteiger partial charge in [0.1, 0.15) is 6.10 Å². The molecule has 124 valence electrons. The van der Waals surface area contributed by atoms with Crippen molar-refractivity contribution in [1.82, 2.24) is 10.6 Å². The first-order valence-corrected chi connectivity index (χ1v) is 8.72. The standard InChI is InChI=1S/C17H34N2O2/c1-14(2)10-13-21-15(3)17(20)19-12-11-18-16-8-6-4-5-7-9-16/h14-16,18H,4-13H2,1-3H3,(H,19,20). The van der Waals surface area contributed by atoms with Crippen molar-refractivity contribution in [3.05, 3.63) is 0 Å². The summed E-state index contributed by atoms with van der Waals surface area (Å²) in [7, 11) is 0. The van der Waals surface area contributed by atoms with Gasteiger partial charge in [-0.25, -0.2) is 0 Å². The van der Waals surface area contributed by atoms with Crippen LogP contribution in [0.3, 0.4) is 0 Å². The molecule has 21 heavy (non-hydrogen) atoms. The van der Waals surface area contributed by atoms with Crippen molar-refractivity contribution < 1.29 is 9.53 Å². The Morgan fingerprint density at radius 1 is 1.10 bits per heavy atom. The van der Waals surface area contributed by atoms with E-state index in [4.69, 9.17) is 4.74 Å². The highest BCUT2D eigenvalue weighted by Gasteiger charge is 2.14. The molecule has 0 heterocycles. The highest BCUT2D eigenvalue weighted by Crippen LogP contribution is 2.16. The predicted octanol–water partition coefficient (Wildman–Crippen LogP) is 2.87. The van der Waals surface area contributed by atoms with Crippen LogP contribution in [0.15, 0.2) is 0 Å². The molecule has 4 heteroatoms. The fourth-order valence-electron chi connectivity index (χ4n) is 2.65. The molecule has 0 spiro atoms. The number of ether oxygens (including phenoxy) is 1. The Labute approximate surface area is 130 Å². The van der Waals surface area contributed by atoms with Crippen LogP contribution in [-0.2, 0) is 9.53 Å². The molecule has 4 nitrogen and oxygen atoms in total. The third-order valence-corrected chi connectivity index (χ3v) is 4.14. The molecule has 0 aromatic heterocycles. The summed E-state index contributed by atoms with van der Waals surface area (Å²) in [6.45, 7) is 8.35. The van der Waals surface area contributed by atoms with Crippen molar-refractivity contribution in [2.75, 3.05) is 19.7 Å². The van der Waals surface area contributed by atoms with Crippen molar-refractivity contribution >= 4 is 5.91 Å². The molecule has 1 fully saturated rings. The van der Waals surface area contributed by atoms with E-state index < -0.39 is 0 Å². The Kier molecular flexibility index (Phi) is 9.68. The normalized spacial score (nSPS) is 18.5. The average Bonchev–Trinajstić information content (AvgIpc) is 2.71. The van der Waals surface area contributed by atoms with Gasteiger partial charge in [-0.2, -0.15) is 0 Å². The maximum atomic E-state index is 11.9. The molecule has 1 aliphatic carbocycles. The topological polar surface area (TPSA) is 50.4 Å². The number of carbonyl (C=O) groups excluding carboxylic acids is 1. The minimum Gasteiger partial charge on any atom is -0.369 e. The second kappa shape index (κ2) is 11.0. The minimum absolute atomic E-state index is 0.00132. The van der Waals surface area contributed by atoms with E-state index in [0.717, 1.165) is 13.0 Å². The molecular weight excluding hydrogens is 264 g/mol. The number of carbonyl (C=O) groups is 1. The summed E-state index contributed by atoms with van der Waals surface area (Å²) < 4.78 is 5.55. The summed E-state index contributed by atoms with van der Waals surface area (Å²) in [5.74, 6) is 0.616. The SMILES string of the molecule is CC(C)CCOC(C)C(=O)NCCNC1CCCCCC1. The Morgan fingerprint density at radius 2 is 1.76 bits per heavy atom. The van der Waals surface area contributed by atoms with Crippen LogP contribution in [0.1, 0.15) is 65.7 Å². The van der Waals surface area contributed by atoms with Gasteiger partial charge in [-0.1, -0.05) is 39.5 Å². The fraction of sp³-hybridized carbons (Fsp3) is 0.941. The van der Waals surface area contributed by atoms with Crippen molar-refractivity contribution in [1.29, 1.82) is 0 Å². The summed E-state index contributed by atoms with van der Waals surface area (Å²) in [5.41, 5.74) is 0. The predicted molar refractivity (Wildman–Crippen MR) is 87.4 cm³/mol. The molecule has 0 radical (unpaired) electrons. The van der Waals surface area contributed by atoms with E-state index in [0.29, 0.717) is 25.1 Å². The van der Waals surface area contributed by atoms with Crippen LogP contribution < -0.4 is 10.6 Å². The molecular formula is C17H34N2O2. The van der Waals surface area contributed by atoms with Gasteiger partial charge in [0.25, 0.3) is 0 Å². The van der Waals surface area contributed by atoms with E-state index >= 15 is 0 Å². The van der Waals surface area contributed by atoms with Crippen LogP contribution in [-0.4, -0.2) is 37.7 Å². The molecule has 2 N–H and O–H groups in total. The zero-order chi connectivity index (χ0) is 15.5. The summed E-state index contributed by atoms with van der Waals surface area (Å²) in [6, 6.07) is 0.643. The molecule has 0 aromatic rings. The quantitative estimate of drug-likeness (QED) is 0.508. The summed E-state index contributed by atoms with van der Waals surface area (Å²) >= 11 is 0. The first-order valence-electron chi connectivity index (χ1n) is 8.72. The smallest absolute Gasteiger partial charge is 0.248 e. The zero-order valence-electron chi connectivity index (χ0n) is 14.1. The number of amides is 1. The van der Waals surface area contributed by atoms with Crippen LogP contribution in [0.2, 0.25) is 0 Å². The maximum Gasteiger partial charge on any atom is 0.248 e. The summed E-state index contributed by atoms with van der Waals surface area (Å²) in [5, 5.41) is 6.51. The lowest BCUT2D eigenvalue weighted by molar-refractivity contribution is -0.131. The Bertz CT molecular complexity index is 274. The molecule has 1 rings (SSSR count). The van der Waals surface area contributed by atoms with Gasteiger partial charge in [0, 0.05) is 25.7 Å².